The quantitative estimate of drug-likeness (QED) is 0.498. The minimum Gasteiger partial charge on any atom is -0.481 e. The summed E-state index contributed by atoms with van der Waals surface area (Å²) < 4.78 is 0. The zero-order chi connectivity index (χ0) is 15.6. The van der Waals surface area contributed by atoms with Crippen LogP contribution in [0.15, 0.2) is 30.4 Å². The Kier molecular flexibility index (Phi) is 4.02. The number of nitrogens with one attached hydrogen (secondary N) is 1. The van der Waals surface area contributed by atoms with Crippen molar-refractivity contribution in [3.05, 3.63) is 51.6 Å². The van der Waals surface area contributed by atoms with Gasteiger partial charge in [0.1, 0.15) is 5.56 Å². The van der Waals surface area contributed by atoms with Crippen molar-refractivity contribution in [2.45, 2.75) is 19.4 Å². The van der Waals surface area contributed by atoms with Gasteiger partial charge in [0.25, 0.3) is 11.6 Å². The van der Waals surface area contributed by atoms with Crippen molar-refractivity contribution >= 4 is 17.6 Å². The van der Waals surface area contributed by atoms with Gasteiger partial charge < -0.3 is 10.4 Å². The summed E-state index contributed by atoms with van der Waals surface area (Å²) in [4.78, 5) is 33.5. The largest absolute Gasteiger partial charge is 0.481 e. The van der Waals surface area contributed by atoms with Crippen molar-refractivity contribution in [3.8, 4) is 0 Å². The maximum Gasteiger partial charge on any atom is 0.310 e. The number of hydrogen-bond acceptors (Lipinski definition) is 4. The van der Waals surface area contributed by atoms with E-state index in [4.69, 9.17) is 5.11 Å². The molecule has 0 saturated carbocycles. The van der Waals surface area contributed by atoms with Gasteiger partial charge in [-0.25, -0.2) is 0 Å². The summed E-state index contributed by atoms with van der Waals surface area (Å²) in [6.45, 7) is 1.62. The van der Waals surface area contributed by atoms with E-state index in [1.54, 1.807) is 19.1 Å². The molecule has 0 saturated heterocycles. The summed E-state index contributed by atoms with van der Waals surface area (Å²) >= 11 is 0. The number of nitro groups is 1. The molecule has 0 spiro atoms. The number of carbonyl (C=O) groups is 2. The summed E-state index contributed by atoms with van der Waals surface area (Å²) in [6.07, 6.45) is 3.36. The lowest BCUT2D eigenvalue weighted by molar-refractivity contribution is -0.385. The standard InChI is InChI=1S/C14H14N2O5/c1-8-3-2-4-11(16(20)21)12(8)13(17)15-10-6-5-9(7-10)14(18)19/h2-6,9-10H,7H2,1H3,(H,15,17)(H,18,19). The number of carboxylic acids is 1. The van der Waals surface area contributed by atoms with Gasteiger partial charge in [-0.15, -0.1) is 0 Å². The summed E-state index contributed by atoms with van der Waals surface area (Å²) in [5.74, 6) is -2.16. The minimum atomic E-state index is -0.954. The predicted octanol–water partition coefficient (Wildman–Crippen LogP) is 1.66. The zero-order valence-electron chi connectivity index (χ0n) is 11.3. The van der Waals surface area contributed by atoms with E-state index >= 15 is 0 Å². The van der Waals surface area contributed by atoms with Crippen LogP contribution in [0, 0.1) is 23.0 Å². The van der Waals surface area contributed by atoms with Gasteiger partial charge in [0.05, 0.1) is 10.8 Å². The third-order valence-electron chi connectivity index (χ3n) is 3.39. The van der Waals surface area contributed by atoms with E-state index in [-0.39, 0.29) is 17.7 Å². The van der Waals surface area contributed by atoms with Crippen molar-refractivity contribution < 1.29 is 19.6 Å². The molecule has 0 bridgehead atoms. The number of nitro benzene ring substituents is 1. The van der Waals surface area contributed by atoms with Gasteiger partial charge in [0.15, 0.2) is 0 Å². The lowest BCUT2D eigenvalue weighted by atomic mass is 10.0. The average molecular weight is 290 g/mol. The minimum absolute atomic E-state index is 0.00896. The molecular formula is C14H14N2O5. The fourth-order valence-corrected chi connectivity index (χ4v) is 2.33. The summed E-state index contributed by atoms with van der Waals surface area (Å²) in [7, 11) is 0. The maximum atomic E-state index is 12.2. The molecule has 7 nitrogen and oxygen atoms in total. The van der Waals surface area contributed by atoms with Crippen LogP contribution in [0.3, 0.4) is 0 Å². The van der Waals surface area contributed by atoms with E-state index in [9.17, 15) is 19.7 Å². The highest BCUT2D eigenvalue weighted by atomic mass is 16.6. The lowest BCUT2D eigenvalue weighted by Gasteiger charge is -2.13. The first-order valence-corrected chi connectivity index (χ1v) is 6.36. The molecule has 0 aromatic heterocycles. The van der Waals surface area contributed by atoms with Gasteiger partial charge >= 0.3 is 5.97 Å². The van der Waals surface area contributed by atoms with Gasteiger partial charge in [-0.05, 0) is 18.9 Å². The molecule has 1 aromatic rings. The Balaban J connectivity index is 2.17. The molecule has 1 aliphatic carbocycles. The molecule has 1 amide bonds. The molecule has 2 rings (SSSR count). The Labute approximate surface area is 120 Å². The van der Waals surface area contributed by atoms with Crippen LogP contribution in [0.1, 0.15) is 22.3 Å². The van der Waals surface area contributed by atoms with Crippen LogP contribution in [-0.2, 0) is 4.79 Å². The molecule has 0 radical (unpaired) electrons. The van der Waals surface area contributed by atoms with E-state index in [2.05, 4.69) is 5.32 Å². The van der Waals surface area contributed by atoms with Gasteiger partial charge in [0.2, 0.25) is 0 Å². The molecule has 1 aliphatic rings. The topological polar surface area (TPSA) is 110 Å². The number of nitrogens with zero attached hydrogens (tertiary/aromatic N) is 1. The highest BCUT2D eigenvalue weighted by Gasteiger charge is 2.28. The number of aliphatic carboxylic acids is 1. The van der Waals surface area contributed by atoms with Crippen molar-refractivity contribution in [2.24, 2.45) is 5.92 Å². The van der Waals surface area contributed by atoms with Crippen LogP contribution in [0.25, 0.3) is 0 Å². The highest BCUT2D eigenvalue weighted by molar-refractivity contribution is 5.99. The average Bonchev–Trinajstić information content (AvgIpc) is 2.86. The predicted molar refractivity (Wildman–Crippen MR) is 74.0 cm³/mol. The SMILES string of the molecule is Cc1cccc([N+](=O)[O-])c1C(=O)NC1C=CC(C(=O)O)C1. The van der Waals surface area contributed by atoms with Gasteiger partial charge in [-0.3, -0.25) is 19.7 Å². The van der Waals surface area contributed by atoms with Crippen molar-refractivity contribution in [2.75, 3.05) is 0 Å². The third kappa shape index (κ3) is 3.07. The van der Waals surface area contributed by atoms with Crippen LogP contribution >= 0.6 is 0 Å². The van der Waals surface area contributed by atoms with E-state index in [1.165, 1.54) is 18.2 Å². The number of carboxylic acid groups (broad SMARTS) is 1. The molecule has 110 valence electrons. The molecule has 0 heterocycles. The van der Waals surface area contributed by atoms with E-state index in [1.807, 2.05) is 0 Å². The monoisotopic (exact) mass is 290 g/mol. The number of amides is 1. The van der Waals surface area contributed by atoms with Gasteiger partial charge in [-0.1, -0.05) is 24.3 Å². The van der Waals surface area contributed by atoms with E-state index in [0.29, 0.717) is 5.56 Å². The number of carbonyl (C=O) groups excluding carboxylic acids is 1. The number of benzene rings is 1. The molecule has 2 unspecified atom stereocenters. The first-order chi connectivity index (χ1) is 9.90. The zero-order valence-corrected chi connectivity index (χ0v) is 11.3. The molecule has 1 aromatic carbocycles. The summed E-state index contributed by atoms with van der Waals surface area (Å²) in [5, 5.41) is 22.5. The number of aryl methyl sites for hydroxylation is 1. The molecule has 0 fully saturated rings. The van der Waals surface area contributed by atoms with Crippen LogP contribution in [0.5, 0.6) is 0 Å². The smallest absolute Gasteiger partial charge is 0.310 e. The molecule has 21 heavy (non-hydrogen) atoms. The highest BCUT2D eigenvalue weighted by Crippen LogP contribution is 2.23. The summed E-state index contributed by atoms with van der Waals surface area (Å²) in [6, 6.07) is 3.97. The fraction of sp³-hybridized carbons (Fsp3) is 0.286. The van der Waals surface area contributed by atoms with Gasteiger partial charge in [0, 0.05) is 12.1 Å². The van der Waals surface area contributed by atoms with Crippen LogP contribution < -0.4 is 5.32 Å². The molecular weight excluding hydrogens is 276 g/mol. The lowest BCUT2D eigenvalue weighted by Crippen LogP contribution is -2.34. The fourth-order valence-electron chi connectivity index (χ4n) is 2.33. The normalized spacial score (nSPS) is 20.2. The van der Waals surface area contributed by atoms with Crippen molar-refractivity contribution in [3.63, 3.8) is 0 Å². The van der Waals surface area contributed by atoms with Gasteiger partial charge in [-0.2, -0.15) is 0 Å². The first-order valence-electron chi connectivity index (χ1n) is 6.36. The number of rotatable bonds is 4. The van der Waals surface area contributed by atoms with E-state index in [0.717, 1.165) is 0 Å². The van der Waals surface area contributed by atoms with Crippen LogP contribution in [-0.4, -0.2) is 27.9 Å². The van der Waals surface area contributed by atoms with Crippen LogP contribution in [0.2, 0.25) is 0 Å². The summed E-state index contributed by atoms with van der Waals surface area (Å²) in [5.41, 5.74) is 0.248. The maximum absolute atomic E-state index is 12.2. The van der Waals surface area contributed by atoms with E-state index < -0.39 is 28.8 Å². The van der Waals surface area contributed by atoms with Crippen LogP contribution in [0.4, 0.5) is 5.69 Å². The number of hydrogen-bond donors (Lipinski definition) is 2. The first kappa shape index (κ1) is 14.7. The Hall–Kier alpha value is -2.70. The molecule has 0 aliphatic heterocycles. The Morgan fingerprint density at radius 3 is 2.67 bits per heavy atom. The third-order valence-corrected chi connectivity index (χ3v) is 3.39. The molecule has 2 atom stereocenters. The van der Waals surface area contributed by atoms with Crippen molar-refractivity contribution in [1.82, 2.24) is 5.32 Å². The second kappa shape index (κ2) is 5.74. The second-order valence-electron chi connectivity index (χ2n) is 4.87. The molecule has 2 N–H and O–H groups in total. The Morgan fingerprint density at radius 1 is 1.38 bits per heavy atom. The van der Waals surface area contributed by atoms with Crippen molar-refractivity contribution in [1.29, 1.82) is 0 Å². The second-order valence-corrected chi connectivity index (χ2v) is 4.87. The Bertz CT molecular complexity index is 638. The molecule has 7 heteroatoms. The Morgan fingerprint density at radius 2 is 2.10 bits per heavy atom.